The molecular formula is C18H24N4OS. The summed E-state index contributed by atoms with van der Waals surface area (Å²) in [5.41, 5.74) is 4.09. The molecule has 6 heteroatoms. The quantitative estimate of drug-likeness (QED) is 0.598. The van der Waals surface area contributed by atoms with Crippen molar-refractivity contribution in [2.45, 2.75) is 32.9 Å². The normalized spacial score (nSPS) is 14.5. The van der Waals surface area contributed by atoms with Gasteiger partial charge in [0.1, 0.15) is 5.75 Å². The first-order chi connectivity index (χ1) is 11.8. The summed E-state index contributed by atoms with van der Waals surface area (Å²) in [6, 6.07) is 8.19. The highest BCUT2D eigenvalue weighted by Gasteiger charge is 2.22. The number of nitrogens with zero attached hydrogens (tertiary/aromatic N) is 2. The first-order valence-electron chi connectivity index (χ1n) is 8.30. The number of hydrogen-bond acceptors (Lipinski definition) is 4. The van der Waals surface area contributed by atoms with Crippen LogP contribution in [-0.4, -0.2) is 24.6 Å². The minimum absolute atomic E-state index is 0.683. The van der Waals surface area contributed by atoms with Crippen LogP contribution in [0, 0.1) is 12.8 Å². The molecule has 1 saturated carbocycles. The van der Waals surface area contributed by atoms with E-state index < -0.39 is 0 Å². The zero-order valence-electron chi connectivity index (χ0n) is 14.2. The van der Waals surface area contributed by atoms with Crippen LogP contribution in [0.2, 0.25) is 0 Å². The molecule has 0 atom stereocenters. The van der Waals surface area contributed by atoms with Crippen LogP contribution in [-0.2, 0) is 13.1 Å². The van der Waals surface area contributed by atoms with E-state index in [2.05, 4.69) is 26.7 Å². The standard InChI is InChI=1S/C18H24N4OS/c1-13-17(24-12-22-13)10-21-18(19-2)20-9-15-5-3-4-6-16(15)23-11-14-7-8-14/h3-6,12,14H,7-11H2,1-2H3,(H2,19,20,21). The van der Waals surface area contributed by atoms with Crippen molar-refractivity contribution in [1.29, 1.82) is 0 Å². The fourth-order valence-corrected chi connectivity index (χ4v) is 3.06. The first kappa shape index (κ1) is 16.8. The Balaban J connectivity index is 1.52. The van der Waals surface area contributed by atoms with E-state index in [4.69, 9.17) is 4.74 Å². The Labute approximate surface area is 147 Å². The van der Waals surface area contributed by atoms with Gasteiger partial charge in [0.2, 0.25) is 0 Å². The molecule has 3 rings (SSSR count). The Hall–Kier alpha value is -2.08. The van der Waals surface area contributed by atoms with Gasteiger partial charge in [-0.05, 0) is 31.7 Å². The molecule has 1 fully saturated rings. The van der Waals surface area contributed by atoms with Gasteiger partial charge in [0.15, 0.2) is 5.96 Å². The molecule has 24 heavy (non-hydrogen) atoms. The van der Waals surface area contributed by atoms with Gasteiger partial charge in [-0.2, -0.15) is 0 Å². The maximum absolute atomic E-state index is 5.95. The van der Waals surface area contributed by atoms with Gasteiger partial charge >= 0.3 is 0 Å². The van der Waals surface area contributed by atoms with Crippen molar-refractivity contribution in [2.24, 2.45) is 10.9 Å². The lowest BCUT2D eigenvalue weighted by Gasteiger charge is -2.14. The maximum Gasteiger partial charge on any atom is 0.191 e. The number of aromatic nitrogens is 1. The van der Waals surface area contributed by atoms with Crippen LogP contribution < -0.4 is 15.4 Å². The van der Waals surface area contributed by atoms with Gasteiger partial charge in [-0.25, -0.2) is 4.98 Å². The van der Waals surface area contributed by atoms with Gasteiger partial charge in [0.05, 0.1) is 24.4 Å². The number of hydrogen-bond donors (Lipinski definition) is 2. The highest BCUT2D eigenvalue weighted by Crippen LogP contribution is 2.30. The van der Waals surface area contributed by atoms with Crippen molar-refractivity contribution >= 4 is 17.3 Å². The molecule has 2 aromatic rings. The molecule has 0 radical (unpaired) electrons. The van der Waals surface area contributed by atoms with Gasteiger partial charge in [-0.1, -0.05) is 18.2 Å². The SMILES string of the molecule is CN=C(NCc1ccccc1OCC1CC1)NCc1scnc1C. The Morgan fingerprint density at radius 2 is 2.08 bits per heavy atom. The second-order valence-corrected chi connectivity index (χ2v) is 6.94. The van der Waals surface area contributed by atoms with Crippen LogP contribution in [0.15, 0.2) is 34.8 Å². The molecule has 2 N–H and O–H groups in total. The first-order valence-corrected chi connectivity index (χ1v) is 9.18. The summed E-state index contributed by atoms with van der Waals surface area (Å²) in [6.07, 6.45) is 2.60. The lowest BCUT2D eigenvalue weighted by Crippen LogP contribution is -2.36. The van der Waals surface area contributed by atoms with Crippen LogP contribution in [0.1, 0.15) is 29.0 Å². The topological polar surface area (TPSA) is 58.5 Å². The molecule has 0 amide bonds. The molecular weight excluding hydrogens is 320 g/mol. The third kappa shape index (κ3) is 4.71. The predicted molar refractivity (Wildman–Crippen MR) is 98.6 cm³/mol. The van der Waals surface area contributed by atoms with Gasteiger partial charge < -0.3 is 15.4 Å². The maximum atomic E-state index is 5.95. The van der Waals surface area contributed by atoms with Crippen molar-refractivity contribution in [3.05, 3.63) is 45.9 Å². The monoisotopic (exact) mass is 344 g/mol. The van der Waals surface area contributed by atoms with Crippen LogP contribution in [0.3, 0.4) is 0 Å². The van der Waals surface area contributed by atoms with E-state index in [0.29, 0.717) is 6.54 Å². The molecule has 128 valence electrons. The van der Waals surface area contributed by atoms with E-state index in [1.807, 2.05) is 30.6 Å². The van der Waals surface area contributed by atoms with Gasteiger partial charge in [-0.15, -0.1) is 11.3 Å². The Morgan fingerprint density at radius 3 is 2.79 bits per heavy atom. The summed E-state index contributed by atoms with van der Waals surface area (Å²) >= 11 is 1.66. The van der Waals surface area contributed by atoms with Crippen LogP contribution in [0.25, 0.3) is 0 Å². The smallest absolute Gasteiger partial charge is 0.191 e. The zero-order valence-corrected chi connectivity index (χ0v) is 15.0. The Bertz CT molecular complexity index is 694. The number of para-hydroxylation sites is 1. The molecule has 0 aliphatic heterocycles. The highest BCUT2D eigenvalue weighted by molar-refractivity contribution is 7.09. The summed E-state index contributed by atoms with van der Waals surface area (Å²) in [4.78, 5) is 9.78. The van der Waals surface area contributed by atoms with Crippen molar-refractivity contribution in [3.8, 4) is 5.75 Å². The van der Waals surface area contributed by atoms with Crippen LogP contribution in [0.5, 0.6) is 5.75 Å². The zero-order chi connectivity index (χ0) is 16.8. The number of thiazole rings is 1. The second kappa shape index (κ2) is 8.15. The van der Waals surface area contributed by atoms with Crippen molar-refractivity contribution in [3.63, 3.8) is 0 Å². The number of ether oxygens (including phenoxy) is 1. The third-order valence-corrected chi connectivity index (χ3v) is 5.01. The van der Waals surface area contributed by atoms with E-state index in [9.17, 15) is 0 Å². The molecule has 1 aromatic heterocycles. The fraction of sp³-hybridized carbons (Fsp3) is 0.444. The molecule has 1 aliphatic rings. The molecule has 0 saturated heterocycles. The van der Waals surface area contributed by atoms with Gasteiger partial charge in [0.25, 0.3) is 0 Å². The summed E-state index contributed by atoms with van der Waals surface area (Å²) < 4.78 is 5.95. The summed E-state index contributed by atoms with van der Waals surface area (Å²) in [7, 11) is 1.78. The van der Waals surface area contributed by atoms with E-state index >= 15 is 0 Å². The average Bonchev–Trinajstić information content (AvgIpc) is 3.35. The number of aliphatic imine (C=N–C) groups is 1. The van der Waals surface area contributed by atoms with Gasteiger partial charge in [-0.3, -0.25) is 4.99 Å². The number of benzene rings is 1. The molecule has 0 spiro atoms. The summed E-state index contributed by atoms with van der Waals surface area (Å²) in [5.74, 6) is 2.49. The van der Waals surface area contributed by atoms with E-state index in [-0.39, 0.29) is 0 Å². The number of rotatable bonds is 7. The molecule has 1 aliphatic carbocycles. The minimum atomic E-state index is 0.683. The predicted octanol–water partition coefficient (Wildman–Crippen LogP) is 3.11. The molecule has 0 unspecified atom stereocenters. The summed E-state index contributed by atoms with van der Waals surface area (Å²) in [5, 5.41) is 6.69. The number of guanidine groups is 1. The van der Waals surface area contributed by atoms with E-state index in [1.54, 1.807) is 18.4 Å². The van der Waals surface area contributed by atoms with Crippen molar-refractivity contribution < 1.29 is 4.74 Å². The molecule has 0 bridgehead atoms. The third-order valence-electron chi connectivity index (χ3n) is 4.08. The molecule has 5 nitrogen and oxygen atoms in total. The van der Waals surface area contributed by atoms with Crippen molar-refractivity contribution in [2.75, 3.05) is 13.7 Å². The minimum Gasteiger partial charge on any atom is -0.493 e. The number of aryl methyl sites for hydroxylation is 1. The lowest BCUT2D eigenvalue weighted by atomic mass is 10.2. The van der Waals surface area contributed by atoms with E-state index in [1.165, 1.54) is 17.7 Å². The van der Waals surface area contributed by atoms with Gasteiger partial charge in [0, 0.05) is 24.0 Å². The van der Waals surface area contributed by atoms with E-state index in [0.717, 1.165) is 42.0 Å². The lowest BCUT2D eigenvalue weighted by molar-refractivity contribution is 0.296. The number of nitrogens with one attached hydrogen (secondary N) is 2. The van der Waals surface area contributed by atoms with Crippen molar-refractivity contribution in [1.82, 2.24) is 15.6 Å². The van der Waals surface area contributed by atoms with Crippen LogP contribution in [0.4, 0.5) is 0 Å². The van der Waals surface area contributed by atoms with Crippen LogP contribution >= 0.6 is 11.3 Å². The largest absolute Gasteiger partial charge is 0.493 e. The summed E-state index contributed by atoms with van der Waals surface area (Å²) in [6.45, 7) is 4.27. The Kier molecular flexibility index (Phi) is 5.69. The molecule has 1 heterocycles. The Morgan fingerprint density at radius 1 is 1.29 bits per heavy atom. The second-order valence-electron chi connectivity index (χ2n) is 6.00. The average molecular weight is 344 g/mol. The molecule has 1 aromatic carbocycles. The highest BCUT2D eigenvalue weighted by atomic mass is 32.1. The fourth-order valence-electron chi connectivity index (χ4n) is 2.34.